The van der Waals surface area contributed by atoms with Crippen molar-refractivity contribution in [3.8, 4) is 6.01 Å². The summed E-state index contributed by atoms with van der Waals surface area (Å²) in [5.41, 5.74) is 5.22. The lowest BCUT2D eigenvalue weighted by Gasteiger charge is -2.38. The molecule has 0 saturated carbocycles. The molecule has 0 unspecified atom stereocenters. The molecule has 0 spiro atoms. The van der Waals surface area contributed by atoms with E-state index in [-0.39, 0.29) is 11.0 Å². The fourth-order valence-electron chi connectivity index (χ4n) is 3.98. The van der Waals surface area contributed by atoms with Crippen molar-refractivity contribution in [2.75, 3.05) is 36.0 Å². The van der Waals surface area contributed by atoms with Gasteiger partial charge in [-0.3, -0.25) is 4.79 Å². The molecular formula is C23H22ClN5O2. The van der Waals surface area contributed by atoms with E-state index < -0.39 is 5.56 Å². The van der Waals surface area contributed by atoms with Crippen molar-refractivity contribution >= 4 is 34.1 Å². The molecule has 0 radical (unpaired) electrons. The van der Waals surface area contributed by atoms with Crippen molar-refractivity contribution in [1.29, 1.82) is 0 Å². The van der Waals surface area contributed by atoms with Crippen LogP contribution in [0.2, 0.25) is 5.02 Å². The van der Waals surface area contributed by atoms with E-state index in [9.17, 15) is 4.79 Å². The van der Waals surface area contributed by atoms with E-state index in [0.717, 1.165) is 30.9 Å². The molecule has 0 amide bonds. The second-order valence-electron chi connectivity index (χ2n) is 7.79. The van der Waals surface area contributed by atoms with Gasteiger partial charge in [0.05, 0.1) is 11.9 Å². The molecule has 0 N–H and O–H groups in total. The molecule has 1 aliphatic rings. The number of rotatable bonds is 3. The van der Waals surface area contributed by atoms with Crippen molar-refractivity contribution < 1.29 is 4.42 Å². The summed E-state index contributed by atoms with van der Waals surface area (Å²) in [6.45, 7) is 7.43. The van der Waals surface area contributed by atoms with Crippen LogP contribution < -0.4 is 15.4 Å². The highest BCUT2D eigenvalue weighted by Crippen LogP contribution is 2.27. The monoisotopic (exact) mass is 435 g/mol. The van der Waals surface area contributed by atoms with E-state index >= 15 is 0 Å². The lowest BCUT2D eigenvalue weighted by molar-refractivity contribution is 0.530. The van der Waals surface area contributed by atoms with E-state index in [1.54, 1.807) is 12.3 Å². The number of aryl methyl sites for hydroxylation is 2. The van der Waals surface area contributed by atoms with E-state index in [4.69, 9.17) is 16.0 Å². The summed E-state index contributed by atoms with van der Waals surface area (Å²) in [4.78, 5) is 21.7. The first-order chi connectivity index (χ1) is 15.0. The minimum absolute atomic E-state index is 0.111. The third-order valence-electron chi connectivity index (χ3n) is 5.69. The first-order valence-corrected chi connectivity index (χ1v) is 10.6. The number of piperazine rings is 1. The first kappa shape index (κ1) is 19.6. The molecule has 0 aliphatic carbocycles. The van der Waals surface area contributed by atoms with E-state index in [1.165, 1.54) is 16.8 Å². The third-order valence-corrected chi connectivity index (χ3v) is 6.05. The Morgan fingerprint density at radius 3 is 2.42 bits per heavy atom. The number of fused-ring (bicyclic) bond motifs is 1. The summed E-state index contributed by atoms with van der Waals surface area (Å²) in [7, 11) is 0. The zero-order valence-electron chi connectivity index (χ0n) is 17.4. The normalized spacial score (nSPS) is 14.4. The molecule has 1 fully saturated rings. The van der Waals surface area contributed by atoms with Gasteiger partial charge in [0.2, 0.25) is 0 Å². The number of oxazole rings is 1. The van der Waals surface area contributed by atoms with Gasteiger partial charge in [-0.25, -0.2) is 0 Å². The predicted octanol–water partition coefficient (Wildman–Crippen LogP) is 3.97. The van der Waals surface area contributed by atoms with Crippen molar-refractivity contribution in [2.24, 2.45) is 0 Å². The number of hydrogen-bond acceptors (Lipinski definition) is 6. The molecule has 2 aromatic carbocycles. The van der Waals surface area contributed by atoms with Gasteiger partial charge in [0, 0.05) is 31.9 Å². The molecule has 5 rings (SSSR count). The smallest absolute Gasteiger partial charge is 0.327 e. The second-order valence-corrected chi connectivity index (χ2v) is 8.17. The van der Waals surface area contributed by atoms with Gasteiger partial charge in [0.15, 0.2) is 5.58 Å². The number of nitrogens with zero attached hydrogens (tertiary/aromatic N) is 5. The zero-order chi connectivity index (χ0) is 21.5. The molecular weight excluding hydrogens is 414 g/mol. The predicted molar refractivity (Wildman–Crippen MR) is 123 cm³/mol. The largest absolute Gasteiger partial charge is 0.422 e. The van der Waals surface area contributed by atoms with Crippen molar-refractivity contribution in [3.05, 3.63) is 75.2 Å². The molecule has 8 heteroatoms. The molecule has 4 aromatic rings. The Morgan fingerprint density at radius 2 is 1.68 bits per heavy atom. The molecule has 31 heavy (non-hydrogen) atoms. The Kier molecular flexibility index (Phi) is 4.90. The highest BCUT2D eigenvalue weighted by molar-refractivity contribution is 6.33. The molecule has 1 aliphatic heterocycles. The van der Waals surface area contributed by atoms with Crippen LogP contribution in [0.5, 0.6) is 0 Å². The standard InChI is InChI=1S/C23H22ClN5O2/c1-15-7-8-16(2)18(13-15)27-9-11-28(12-10-27)19-14-25-29(22(30)21(19)24)23-26-17-5-3-4-6-20(17)31-23/h3-8,13-14H,9-12H2,1-2H3. The van der Waals surface area contributed by atoms with Gasteiger partial charge >= 0.3 is 6.01 Å². The Morgan fingerprint density at radius 1 is 0.968 bits per heavy atom. The molecule has 158 valence electrons. The van der Waals surface area contributed by atoms with Gasteiger partial charge in [-0.2, -0.15) is 10.1 Å². The summed E-state index contributed by atoms with van der Waals surface area (Å²) < 4.78 is 6.78. The van der Waals surface area contributed by atoms with E-state index in [0.29, 0.717) is 16.8 Å². The van der Waals surface area contributed by atoms with Crippen molar-refractivity contribution in [2.45, 2.75) is 13.8 Å². The van der Waals surface area contributed by atoms with Gasteiger partial charge in [-0.05, 0) is 43.2 Å². The van der Waals surface area contributed by atoms with Crippen LogP contribution >= 0.6 is 11.6 Å². The fraction of sp³-hybridized carbons (Fsp3) is 0.261. The number of para-hydroxylation sites is 2. The maximum absolute atomic E-state index is 12.9. The van der Waals surface area contributed by atoms with Crippen molar-refractivity contribution in [3.63, 3.8) is 0 Å². The molecule has 1 saturated heterocycles. The average Bonchev–Trinajstić information content (AvgIpc) is 3.21. The van der Waals surface area contributed by atoms with Gasteiger partial charge in [0.25, 0.3) is 5.56 Å². The van der Waals surface area contributed by atoms with Crippen LogP contribution in [0.4, 0.5) is 11.4 Å². The minimum atomic E-state index is -0.442. The summed E-state index contributed by atoms with van der Waals surface area (Å²) in [6, 6.07) is 13.9. The van der Waals surface area contributed by atoms with Gasteiger partial charge in [0.1, 0.15) is 10.5 Å². The molecule has 0 bridgehead atoms. The summed E-state index contributed by atoms with van der Waals surface area (Å²) in [5.74, 6) is 0. The second kappa shape index (κ2) is 7.74. The van der Waals surface area contributed by atoms with E-state index in [2.05, 4.69) is 51.9 Å². The van der Waals surface area contributed by atoms with E-state index in [1.807, 2.05) is 18.2 Å². The van der Waals surface area contributed by atoms with Gasteiger partial charge < -0.3 is 14.2 Å². The SMILES string of the molecule is Cc1ccc(C)c(N2CCN(c3cnn(-c4nc5ccccc5o4)c(=O)c3Cl)CC2)c1. The average molecular weight is 436 g/mol. The maximum atomic E-state index is 12.9. The molecule has 3 heterocycles. The number of aromatic nitrogens is 3. The topological polar surface area (TPSA) is 67.4 Å². The van der Waals surface area contributed by atoms with Crippen LogP contribution in [-0.4, -0.2) is 40.9 Å². The Hall–Kier alpha value is -3.32. The number of benzene rings is 2. The zero-order valence-corrected chi connectivity index (χ0v) is 18.1. The minimum Gasteiger partial charge on any atom is -0.422 e. The Labute approximate surface area is 184 Å². The fourth-order valence-corrected chi connectivity index (χ4v) is 4.23. The van der Waals surface area contributed by atoms with Gasteiger partial charge in [-0.1, -0.05) is 35.9 Å². The number of halogens is 1. The highest BCUT2D eigenvalue weighted by Gasteiger charge is 2.23. The highest BCUT2D eigenvalue weighted by atomic mass is 35.5. The van der Waals surface area contributed by atoms with Crippen molar-refractivity contribution in [1.82, 2.24) is 14.8 Å². The van der Waals surface area contributed by atoms with Crippen LogP contribution in [0.1, 0.15) is 11.1 Å². The Balaban J connectivity index is 1.39. The number of anilines is 2. The summed E-state index contributed by atoms with van der Waals surface area (Å²) >= 11 is 6.48. The molecule has 2 aromatic heterocycles. The molecule has 0 atom stereocenters. The number of hydrogen-bond donors (Lipinski definition) is 0. The van der Waals surface area contributed by atoms with Gasteiger partial charge in [-0.15, -0.1) is 4.68 Å². The van der Waals surface area contributed by atoms with Crippen LogP contribution in [-0.2, 0) is 0 Å². The maximum Gasteiger partial charge on any atom is 0.327 e. The van der Waals surface area contributed by atoms with Crippen LogP contribution in [0, 0.1) is 13.8 Å². The summed E-state index contributed by atoms with van der Waals surface area (Å²) in [5, 5.41) is 4.41. The lowest BCUT2D eigenvalue weighted by atomic mass is 10.1. The third kappa shape index (κ3) is 3.55. The lowest BCUT2D eigenvalue weighted by Crippen LogP contribution is -2.47. The van der Waals surface area contributed by atoms with Crippen LogP contribution in [0.25, 0.3) is 17.1 Å². The Bertz CT molecular complexity index is 1290. The quantitative estimate of drug-likeness (QED) is 0.485. The molecule has 7 nitrogen and oxygen atoms in total. The van der Waals surface area contributed by atoms with Crippen LogP contribution in [0.15, 0.2) is 57.9 Å². The van der Waals surface area contributed by atoms with Crippen LogP contribution in [0.3, 0.4) is 0 Å². The summed E-state index contributed by atoms with van der Waals surface area (Å²) in [6.07, 6.45) is 1.62. The first-order valence-electron chi connectivity index (χ1n) is 10.2.